The zero-order chi connectivity index (χ0) is 11.1. The van der Waals surface area contributed by atoms with Gasteiger partial charge < -0.3 is 5.73 Å². The highest BCUT2D eigenvalue weighted by Gasteiger charge is 2.08. The first kappa shape index (κ1) is 12.6. The van der Waals surface area contributed by atoms with Gasteiger partial charge in [-0.1, -0.05) is 36.8 Å². The highest BCUT2D eigenvalue weighted by atomic mass is 32.2. The number of aryl methyl sites for hydroxylation is 1. The molecular formula is C13H21NS. The van der Waals surface area contributed by atoms with E-state index in [0.29, 0.717) is 5.92 Å². The van der Waals surface area contributed by atoms with Gasteiger partial charge in [-0.05, 0) is 42.9 Å². The average Bonchev–Trinajstić information content (AvgIpc) is 2.26. The van der Waals surface area contributed by atoms with Gasteiger partial charge in [-0.3, -0.25) is 0 Å². The third kappa shape index (κ3) is 4.27. The van der Waals surface area contributed by atoms with Crippen molar-refractivity contribution in [2.24, 2.45) is 5.73 Å². The molecule has 0 saturated carbocycles. The summed E-state index contributed by atoms with van der Waals surface area (Å²) in [6.07, 6.45) is 1.19. The van der Waals surface area contributed by atoms with E-state index in [1.165, 1.54) is 29.1 Å². The molecule has 1 atom stereocenters. The summed E-state index contributed by atoms with van der Waals surface area (Å²) in [5.41, 5.74) is 8.52. The third-order valence-electron chi connectivity index (χ3n) is 2.65. The number of hydrogen-bond donors (Lipinski definition) is 1. The van der Waals surface area contributed by atoms with Crippen molar-refractivity contribution in [3.63, 3.8) is 0 Å². The molecule has 1 nitrogen and oxygen atoms in total. The fraction of sp³-hybridized carbons (Fsp3) is 0.538. The van der Waals surface area contributed by atoms with Gasteiger partial charge in [0, 0.05) is 0 Å². The van der Waals surface area contributed by atoms with Crippen molar-refractivity contribution in [1.82, 2.24) is 0 Å². The van der Waals surface area contributed by atoms with Crippen LogP contribution in [0.1, 0.15) is 30.4 Å². The molecule has 0 aromatic heterocycles. The highest BCUT2D eigenvalue weighted by Crippen LogP contribution is 2.21. The number of nitrogens with two attached hydrogens (primary N) is 1. The minimum Gasteiger partial charge on any atom is -0.330 e. The summed E-state index contributed by atoms with van der Waals surface area (Å²) in [6.45, 7) is 5.08. The Morgan fingerprint density at radius 2 is 1.93 bits per heavy atom. The maximum atomic E-state index is 5.82. The minimum atomic E-state index is 0.532. The molecule has 0 aliphatic heterocycles. The van der Waals surface area contributed by atoms with E-state index in [2.05, 4.69) is 38.1 Å². The standard InChI is InChI=1S/C13H21NS/c1-3-15-9-8-13(10-14)12-6-4-11(2)5-7-12/h4-7,13H,3,8-10,14H2,1-2H3. The van der Waals surface area contributed by atoms with Crippen LogP contribution in [0.2, 0.25) is 0 Å². The van der Waals surface area contributed by atoms with Crippen LogP contribution in [0.3, 0.4) is 0 Å². The Hall–Kier alpha value is -0.470. The van der Waals surface area contributed by atoms with E-state index >= 15 is 0 Å². The quantitative estimate of drug-likeness (QED) is 0.750. The van der Waals surface area contributed by atoms with E-state index in [4.69, 9.17) is 5.73 Å². The molecule has 84 valence electrons. The number of thioether (sulfide) groups is 1. The maximum Gasteiger partial charge on any atom is -0.000794 e. The van der Waals surface area contributed by atoms with E-state index < -0.39 is 0 Å². The Kier molecular flexibility index (Phi) is 5.81. The Bertz CT molecular complexity index is 268. The molecule has 0 amide bonds. The lowest BCUT2D eigenvalue weighted by molar-refractivity contribution is 0.680. The Labute approximate surface area is 97.4 Å². The van der Waals surface area contributed by atoms with Crippen molar-refractivity contribution in [2.45, 2.75) is 26.2 Å². The van der Waals surface area contributed by atoms with Crippen LogP contribution in [0.5, 0.6) is 0 Å². The summed E-state index contributed by atoms with van der Waals surface area (Å²) in [6, 6.07) is 8.77. The second-order valence-corrected chi connectivity index (χ2v) is 5.22. The van der Waals surface area contributed by atoms with E-state index in [0.717, 1.165) is 6.54 Å². The summed E-state index contributed by atoms with van der Waals surface area (Å²) in [5.74, 6) is 2.95. The Balaban J connectivity index is 2.53. The summed E-state index contributed by atoms with van der Waals surface area (Å²) in [7, 11) is 0. The molecule has 0 radical (unpaired) electrons. The van der Waals surface area contributed by atoms with Crippen molar-refractivity contribution >= 4 is 11.8 Å². The predicted octanol–water partition coefficient (Wildman–Crippen LogP) is 3.18. The van der Waals surface area contributed by atoms with E-state index in [-0.39, 0.29) is 0 Å². The van der Waals surface area contributed by atoms with Crippen molar-refractivity contribution in [3.05, 3.63) is 35.4 Å². The van der Waals surface area contributed by atoms with Gasteiger partial charge >= 0.3 is 0 Å². The van der Waals surface area contributed by atoms with Gasteiger partial charge in [0.1, 0.15) is 0 Å². The predicted molar refractivity (Wildman–Crippen MR) is 70.6 cm³/mol. The fourth-order valence-electron chi connectivity index (χ4n) is 1.63. The van der Waals surface area contributed by atoms with Crippen molar-refractivity contribution in [1.29, 1.82) is 0 Å². The molecule has 0 aliphatic carbocycles. The summed E-state index contributed by atoms with van der Waals surface area (Å²) >= 11 is 1.99. The average molecular weight is 223 g/mol. The van der Waals surface area contributed by atoms with Gasteiger partial charge in [-0.25, -0.2) is 0 Å². The van der Waals surface area contributed by atoms with Gasteiger partial charge in [-0.2, -0.15) is 11.8 Å². The first-order chi connectivity index (χ1) is 7.27. The van der Waals surface area contributed by atoms with Crippen LogP contribution >= 0.6 is 11.8 Å². The molecule has 0 spiro atoms. The zero-order valence-corrected chi connectivity index (χ0v) is 10.5. The normalized spacial score (nSPS) is 12.7. The van der Waals surface area contributed by atoms with Crippen LogP contribution in [0.25, 0.3) is 0 Å². The number of hydrogen-bond acceptors (Lipinski definition) is 2. The number of benzene rings is 1. The molecule has 15 heavy (non-hydrogen) atoms. The van der Waals surface area contributed by atoms with Gasteiger partial charge in [0.05, 0.1) is 0 Å². The van der Waals surface area contributed by atoms with Crippen LogP contribution in [0, 0.1) is 6.92 Å². The first-order valence-corrected chi connectivity index (χ1v) is 6.77. The second-order valence-electron chi connectivity index (χ2n) is 3.83. The molecule has 1 unspecified atom stereocenters. The molecule has 0 aliphatic rings. The Morgan fingerprint density at radius 3 is 2.47 bits per heavy atom. The van der Waals surface area contributed by atoms with E-state index in [1.54, 1.807) is 0 Å². The molecule has 0 saturated heterocycles. The molecule has 0 fully saturated rings. The molecule has 1 rings (SSSR count). The van der Waals surface area contributed by atoms with E-state index in [1.807, 2.05) is 11.8 Å². The lowest BCUT2D eigenvalue weighted by atomic mass is 9.96. The van der Waals surface area contributed by atoms with Crippen molar-refractivity contribution in [3.8, 4) is 0 Å². The van der Waals surface area contributed by atoms with Gasteiger partial charge in [0.2, 0.25) is 0 Å². The lowest BCUT2D eigenvalue weighted by Crippen LogP contribution is -2.13. The lowest BCUT2D eigenvalue weighted by Gasteiger charge is -2.14. The summed E-state index contributed by atoms with van der Waals surface area (Å²) in [5, 5.41) is 0. The molecule has 1 aromatic carbocycles. The largest absolute Gasteiger partial charge is 0.330 e. The summed E-state index contributed by atoms with van der Waals surface area (Å²) in [4.78, 5) is 0. The van der Waals surface area contributed by atoms with Crippen LogP contribution in [-0.2, 0) is 0 Å². The second kappa shape index (κ2) is 6.91. The maximum absolute atomic E-state index is 5.82. The SMILES string of the molecule is CCSCCC(CN)c1ccc(C)cc1. The Morgan fingerprint density at radius 1 is 1.27 bits per heavy atom. The van der Waals surface area contributed by atoms with Crippen LogP contribution in [0.4, 0.5) is 0 Å². The van der Waals surface area contributed by atoms with Crippen LogP contribution in [-0.4, -0.2) is 18.1 Å². The smallest absolute Gasteiger partial charge is 0.000794 e. The van der Waals surface area contributed by atoms with Crippen LogP contribution in [0.15, 0.2) is 24.3 Å². The van der Waals surface area contributed by atoms with Gasteiger partial charge in [0.15, 0.2) is 0 Å². The summed E-state index contributed by atoms with van der Waals surface area (Å²) < 4.78 is 0. The monoisotopic (exact) mass is 223 g/mol. The van der Waals surface area contributed by atoms with Crippen molar-refractivity contribution in [2.75, 3.05) is 18.1 Å². The van der Waals surface area contributed by atoms with Gasteiger partial charge in [0.25, 0.3) is 0 Å². The molecule has 0 bridgehead atoms. The molecule has 0 heterocycles. The molecule has 2 N–H and O–H groups in total. The first-order valence-electron chi connectivity index (χ1n) is 5.62. The zero-order valence-electron chi connectivity index (χ0n) is 9.70. The highest BCUT2D eigenvalue weighted by molar-refractivity contribution is 7.99. The van der Waals surface area contributed by atoms with E-state index in [9.17, 15) is 0 Å². The van der Waals surface area contributed by atoms with Crippen LogP contribution < -0.4 is 5.73 Å². The van der Waals surface area contributed by atoms with Crippen molar-refractivity contribution < 1.29 is 0 Å². The third-order valence-corrected chi connectivity index (χ3v) is 3.58. The topological polar surface area (TPSA) is 26.0 Å². The fourth-order valence-corrected chi connectivity index (χ4v) is 2.37. The van der Waals surface area contributed by atoms with Gasteiger partial charge in [-0.15, -0.1) is 0 Å². The molecule has 1 aromatic rings. The molecular weight excluding hydrogens is 202 g/mol. The molecule has 2 heteroatoms. The number of rotatable bonds is 6. The minimum absolute atomic E-state index is 0.532.